The monoisotopic (exact) mass is 597 g/mol. The van der Waals surface area contributed by atoms with Crippen LogP contribution in [0.5, 0.6) is 0 Å². The molecule has 0 spiro atoms. The molecule has 0 N–H and O–H groups in total. The molecule has 0 nitrogen and oxygen atoms in total. The van der Waals surface area contributed by atoms with E-state index in [1.165, 1.54) is 0 Å². The Morgan fingerprint density at radius 3 is 1.14 bits per heavy atom. The maximum absolute atomic E-state index is 2.89. The zero-order valence-corrected chi connectivity index (χ0v) is 34.1. The van der Waals surface area contributed by atoms with E-state index in [2.05, 4.69) is 166 Å². The van der Waals surface area contributed by atoms with Crippen LogP contribution < -0.4 is 0 Å². The van der Waals surface area contributed by atoms with Crippen molar-refractivity contribution in [1.29, 1.82) is 0 Å². The lowest BCUT2D eigenvalue weighted by Gasteiger charge is -2.91. The van der Waals surface area contributed by atoms with Crippen molar-refractivity contribution in [3.63, 3.8) is 0 Å². The van der Waals surface area contributed by atoms with Crippen LogP contribution in [0.25, 0.3) is 0 Å². The molecule has 252 valence electrons. The zero-order valence-electron chi connectivity index (χ0n) is 34.1. The molecule has 4 saturated carbocycles. The predicted molar refractivity (Wildman–Crippen MR) is 191 cm³/mol. The quantitative estimate of drug-likeness (QED) is 0.297. The molecule has 4 fully saturated rings. The number of rotatable bonds is 2. The molecular weight excluding hydrogens is 516 g/mol. The number of hydrogen-bond donors (Lipinski definition) is 0. The Bertz CT molecular complexity index is 1150. The van der Waals surface area contributed by atoms with Crippen molar-refractivity contribution in [2.45, 2.75) is 166 Å². The SMILES string of the molecule is CC1C(C)C(C)(C)C2(C)C(C)C(C)(C)C3(C)C4(C)C(C)C(C)C(C)(C(C)(C)C(C)C)[C@@]4(C)C(C)C(C)(C)C3(C)[C@@]2(C)C1C. The maximum Gasteiger partial charge on any atom is -0.0145 e. The predicted octanol–water partition coefficient (Wildman–Crippen LogP) is 13.3. The second-order valence-electron chi connectivity index (χ2n) is 21.8. The van der Waals surface area contributed by atoms with Gasteiger partial charge in [0.05, 0.1) is 0 Å². The standard InChI is InChI=1S/C43H80/c1-25(2)33(10,11)37(18)29(6)30(7)39(20)41(37,22)32(9)36(16,17)42(23)38(19)28(5)26(3)27(4)34(12,13)40(38,21)31(8)35(14,15)43(39,42)24/h25-32H,1-24H3/t26?,27?,28?,29?,30?,31?,32?,37?,38-,39?,40?,41+,42?,43?/m0/s1. The average Bonchev–Trinajstić information content (AvgIpc) is 3.03. The minimum Gasteiger partial charge on any atom is -0.0622 e. The van der Waals surface area contributed by atoms with Crippen LogP contribution in [0, 0.1) is 107 Å². The first-order valence-electron chi connectivity index (χ1n) is 18.8. The summed E-state index contributed by atoms with van der Waals surface area (Å²) in [6.07, 6.45) is 0. The molecule has 0 radical (unpaired) electrons. The summed E-state index contributed by atoms with van der Waals surface area (Å²) in [5.74, 6) is 5.10. The van der Waals surface area contributed by atoms with Gasteiger partial charge in [-0.2, -0.15) is 0 Å². The van der Waals surface area contributed by atoms with Gasteiger partial charge in [-0.1, -0.05) is 166 Å². The van der Waals surface area contributed by atoms with E-state index in [0.29, 0.717) is 47.3 Å². The van der Waals surface area contributed by atoms with Crippen LogP contribution in [0.3, 0.4) is 0 Å². The lowest BCUT2D eigenvalue weighted by molar-refractivity contribution is -0.442. The van der Waals surface area contributed by atoms with Gasteiger partial charge >= 0.3 is 0 Å². The number of fused-ring (bicyclic) bond motifs is 5. The van der Waals surface area contributed by atoms with E-state index < -0.39 is 0 Å². The first-order valence-corrected chi connectivity index (χ1v) is 18.8. The van der Waals surface area contributed by atoms with E-state index >= 15 is 0 Å². The van der Waals surface area contributed by atoms with Crippen molar-refractivity contribution in [2.24, 2.45) is 107 Å². The summed E-state index contributed by atoms with van der Waals surface area (Å²) in [5, 5.41) is 0. The molecule has 14 atom stereocenters. The van der Waals surface area contributed by atoms with Crippen molar-refractivity contribution in [1.82, 2.24) is 0 Å². The van der Waals surface area contributed by atoms with Crippen LogP contribution in [0.4, 0.5) is 0 Å². The summed E-state index contributed by atoms with van der Waals surface area (Å²) < 4.78 is 0. The summed E-state index contributed by atoms with van der Waals surface area (Å²) in [6, 6.07) is 0. The van der Waals surface area contributed by atoms with Gasteiger partial charge in [0, 0.05) is 0 Å². The fourth-order valence-electron chi connectivity index (χ4n) is 17.4. The maximum atomic E-state index is 2.89. The van der Waals surface area contributed by atoms with Gasteiger partial charge in [0.2, 0.25) is 0 Å². The van der Waals surface area contributed by atoms with Gasteiger partial charge in [-0.05, 0) is 107 Å². The van der Waals surface area contributed by atoms with Crippen LogP contribution in [0.15, 0.2) is 0 Å². The minimum absolute atomic E-state index is 0.106. The van der Waals surface area contributed by atoms with Crippen LogP contribution in [0.2, 0.25) is 0 Å². The summed E-state index contributed by atoms with van der Waals surface area (Å²) in [7, 11) is 0. The van der Waals surface area contributed by atoms with Gasteiger partial charge in [-0.3, -0.25) is 0 Å². The lowest BCUT2D eigenvalue weighted by atomic mass is 9.13. The highest BCUT2D eigenvalue weighted by Gasteiger charge is 2.92. The van der Waals surface area contributed by atoms with Crippen molar-refractivity contribution in [3.8, 4) is 0 Å². The lowest BCUT2D eigenvalue weighted by Crippen LogP contribution is -2.87. The molecule has 0 saturated heterocycles. The van der Waals surface area contributed by atoms with Crippen LogP contribution in [-0.2, 0) is 0 Å². The molecule has 4 aliphatic carbocycles. The van der Waals surface area contributed by atoms with Crippen LogP contribution >= 0.6 is 0 Å². The normalized spacial score (nSPS) is 59.0. The minimum atomic E-state index is 0.106. The van der Waals surface area contributed by atoms with Gasteiger partial charge < -0.3 is 0 Å². The topological polar surface area (TPSA) is 0 Å². The van der Waals surface area contributed by atoms with E-state index in [4.69, 9.17) is 0 Å². The van der Waals surface area contributed by atoms with Crippen LogP contribution in [0.1, 0.15) is 166 Å². The van der Waals surface area contributed by atoms with Crippen molar-refractivity contribution in [2.75, 3.05) is 0 Å². The first kappa shape index (κ1) is 35.8. The van der Waals surface area contributed by atoms with Gasteiger partial charge in [-0.25, -0.2) is 0 Å². The third kappa shape index (κ3) is 2.76. The largest absolute Gasteiger partial charge is 0.0622 e. The Morgan fingerprint density at radius 1 is 0.419 bits per heavy atom. The third-order valence-electron chi connectivity index (χ3n) is 23.1. The highest BCUT2D eigenvalue weighted by Crippen LogP contribution is 2.96. The van der Waals surface area contributed by atoms with Gasteiger partial charge in [0.25, 0.3) is 0 Å². The Kier molecular flexibility index (Phi) is 7.27. The second kappa shape index (κ2) is 8.72. The molecule has 0 aromatic carbocycles. The first-order chi connectivity index (χ1) is 18.8. The molecule has 0 heteroatoms. The summed E-state index contributed by atoms with van der Waals surface area (Å²) in [6.45, 7) is 65.5. The average molecular weight is 597 g/mol. The molecule has 0 heterocycles. The molecule has 12 unspecified atom stereocenters. The molecule has 0 aliphatic heterocycles. The molecule has 4 aliphatic rings. The Hall–Kier alpha value is 0. The zero-order chi connectivity index (χ0) is 34.1. The van der Waals surface area contributed by atoms with Gasteiger partial charge in [0.1, 0.15) is 0 Å². The van der Waals surface area contributed by atoms with Crippen LogP contribution in [-0.4, -0.2) is 0 Å². The molecular formula is C43H80. The summed E-state index contributed by atoms with van der Waals surface area (Å²) in [4.78, 5) is 0. The van der Waals surface area contributed by atoms with E-state index in [0.717, 1.165) is 0 Å². The van der Waals surface area contributed by atoms with E-state index in [1.54, 1.807) is 0 Å². The molecule has 4 rings (SSSR count). The molecule has 43 heavy (non-hydrogen) atoms. The third-order valence-corrected chi connectivity index (χ3v) is 23.1. The summed E-state index contributed by atoms with van der Waals surface area (Å²) >= 11 is 0. The molecule has 0 amide bonds. The highest BCUT2D eigenvalue weighted by atomic mass is 15.0. The van der Waals surface area contributed by atoms with Crippen molar-refractivity contribution in [3.05, 3.63) is 0 Å². The Labute approximate surface area is 272 Å². The second-order valence-corrected chi connectivity index (χ2v) is 21.8. The summed E-state index contributed by atoms with van der Waals surface area (Å²) in [5.41, 5.74) is 1.81. The Morgan fingerprint density at radius 2 is 0.767 bits per heavy atom. The highest BCUT2D eigenvalue weighted by molar-refractivity contribution is 5.39. The smallest absolute Gasteiger partial charge is 0.0145 e. The van der Waals surface area contributed by atoms with Crippen molar-refractivity contribution >= 4 is 0 Å². The molecule has 0 bridgehead atoms. The van der Waals surface area contributed by atoms with Crippen molar-refractivity contribution < 1.29 is 0 Å². The van der Waals surface area contributed by atoms with Gasteiger partial charge in [-0.15, -0.1) is 0 Å². The Balaban J connectivity index is 2.31. The fraction of sp³-hybridized carbons (Fsp3) is 1.00. The fourth-order valence-corrected chi connectivity index (χ4v) is 17.4. The number of hydrogen-bond acceptors (Lipinski definition) is 0. The van der Waals surface area contributed by atoms with E-state index in [9.17, 15) is 0 Å². The molecule has 0 aromatic heterocycles. The van der Waals surface area contributed by atoms with E-state index in [1.807, 2.05) is 0 Å². The van der Waals surface area contributed by atoms with Gasteiger partial charge in [0.15, 0.2) is 0 Å². The van der Waals surface area contributed by atoms with E-state index in [-0.39, 0.29) is 59.6 Å². The molecule has 0 aromatic rings.